The minimum atomic E-state index is -0.926. The molecule has 1 atom stereocenters. The van der Waals surface area contributed by atoms with Gasteiger partial charge in [-0.1, -0.05) is 0 Å². The van der Waals surface area contributed by atoms with Crippen LogP contribution < -0.4 is 0 Å². The number of hydrogen-bond acceptors (Lipinski definition) is 5. The van der Waals surface area contributed by atoms with Crippen molar-refractivity contribution in [1.29, 1.82) is 0 Å². The number of amides is 1. The Morgan fingerprint density at radius 2 is 2.39 bits per heavy atom. The van der Waals surface area contributed by atoms with Gasteiger partial charge in [-0.25, -0.2) is 9.78 Å². The SMILES string of the molecule is Cc1nc(CC(=O)N2CCSCC2C(=O)O)cs1. The maximum atomic E-state index is 12.1. The number of rotatable bonds is 3. The second-order valence-electron chi connectivity index (χ2n) is 4.05. The predicted molar refractivity (Wildman–Crippen MR) is 71.0 cm³/mol. The van der Waals surface area contributed by atoms with E-state index in [-0.39, 0.29) is 12.3 Å². The maximum Gasteiger partial charge on any atom is 0.327 e. The molecule has 2 heterocycles. The number of carboxylic acid groups (broad SMARTS) is 1. The zero-order valence-corrected chi connectivity index (χ0v) is 11.6. The molecule has 1 fully saturated rings. The van der Waals surface area contributed by atoms with Crippen LogP contribution in [0.1, 0.15) is 10.7 Å². The molecule has 0 aromatic carbocycles. The zero-order valence-electron chi connectivity index (χ0n) is 9.96. The van der Waals surface area contributed by atoms with E-state index in [1.165, 1.54) is 16.2 Å². The summed E-state index contributed by atoms with van der Waals surface area (Å²) in [6.07, 6.45) is 0.193. The second kappa shape index (κ2) is 5.71. The average molecular weight is 286 g/mol. The summed E-state index contributed by atoms with van der Waals surface area (Å²) in [5.74, 6) is 0.195. The van der Waals surface area contributed by atoms with Gasteiger partial charge in [0.2, 0.25) is 5.91 Å². The number of carbonyl (C=O) groups excluding carboxylic acids is 1. The second-order valence-corrected chi connectivity index (χ2v) is 6.26. The first-order valence-electron chi connectivity index (χ1n) is 5.59. The summed E-state index contributed by atoms with van der Waals surface area (Å²) in [6, 6.07) is -0.698. The number of carboxylic acids is 1. The fourth-order valence-corrected chi connectivity index (χ4v) is 3.50. The van der Waals surface area contributed by atoms with Gasteiger partial charge in [0.25, 0.3) is 0 Å². The van der Waals surface area contributed by atoms with Crippen LogP contribution in [0.4, 0.5) is 0 Å². The van der Waals surface area contributed by atoms with Crippen LogP contribution in [0, 0.1) is 6.92 Å². The normalized spacial score (nSPS) is 19.8. The molecule has 1 aliphatic heterocycles. The molecule has 1 aromatic rings. The molecular formula is C11H14N2O3S2. The Bertz CT molecular complexity index is 461. The number of nitrogens with zero attached hydrogens (tertiary/aromatic N) is 2. The summed E-state index contributed by atoms with van der Waals surface area (Å²) < 4.78 is 0. The van der Waals surface area contributed by atoms with E-state index in [4.69, 9.17) is 5.11 Å². The van der Waals surface area contributed by atoms with E-state index in [9.17, 15) is 9.59 Å². The van der Waals surface area contributed by atoms with Crippen LogP contribution >= 0.6 is 23.1 Å². The standard InChI is InChI=1S/C11H14N2O3S2/c1-7-12-8(5-18-7)4-10(14)13-2-3-17-6-9(13)11(15)16/h5,9H,2-4,6H2,1H3,(H,15,16). The van der Waals surface area contributed by atoms with E-state index in [2.05, 4.69) is 4.98 Å². The average Bonchev–Trinajstić information content (AvgIpc) is 2.74. The topological polar surface area (TPSA) is 70.5 Å². The van der Waals surface area contributed by atoms with Gasteiger partial charge >= 0.3 is 5.97 Å². The third-order valence-electron chi connectivity index (χ3n) is 2.73. The summed E-state index contributed by atoms with van der Waals surface area (Å²) in [5.41, 5.74) is 0.727. The Kier molecular flexibility index (Phi) is 4.23. The number of aromatic nitrogens is 1. The van der Waals surface area contributed by atoms with Gasteiger partial charge in [-0.05, 0) is 6.92 Å². The highest BCUT2D eigenvalue weighted by atomic mass is 32.2. The summed E-state index contributed by atoms with van der Waals surface area (Å²) in [7, 11) is 0. The first-order chi connectivity index (χ1) is 8.58. The minimum Gasteiger partial charge on any atom is -0.480 e. The minimum absolute atomic E-state index is 0.145. The van der Waals surface area contributed by atoms with Gasteiger partial charge in [-0.3, -0.25) is 4.79 Å². The summed E-state index contributed by atoms with van der Waals surface area (Å²) in [6.45, 7) is 2.39. The monoisotopic (exact) mass is 286 g/mol. The Balaban J connectivity index is 2.04. The van der Waals surface area contributed by atoms with Crippen molar-refractivity contribution < 1.29 is 14.7 Å². The van der Waals surface area contributed by atoms with Crippen LogP contribution in [-0.4, -0.2) is 51.0 Å². The summed E-state index contributed by atoms with van der Waals surface area (Å²) in [5, 5.41) is 11.9. The molecule has 2 rings (SSSR count). The van der Waals surface area contributed by atoms with E-state index in [0.717, 1.165) is 16.5 Å². The van der Waals surface area contributed by atoms with Gasteiger partial charge in [0.1, 0.15) is 6.04 Å². The van der Waals surface area contributed by atoms with Crippen molar-refractivity contribution in [2.45, 2.75) is 19.4 Å². The van der Waals surface area contributed by atoms with Crippen molar-refractivity contribution in [2.75, 3.05) is 18.1 Å². The van der Waals surface area contributed by atoms with E-state index in [1.807, 2.05) is 12.3 Å². The molecule has 0 bridgehead atoms. The molecular weight excluding hydrogens is 272 g/mol. The van der Waals surface area contributed by atoms with E-state index >= 15 is 0 Å². The van der Waals surface area contributed by atoms with Crippen molar-refractivity contribution in [3.8, 4) is 0 Å². The third-order valence-corrected chi connectivity index (χ3v) is 4.58. The Labute approximate surface area is 113 Å². The number of carbonyl (C=O) groups is 2. The van der Waals surface area contributed by atoms with E-state index < -0.39 is 12.0 Å². The molecule has 1 aromatic heterocycles. The zero-order chi connectivity index (χ0) is 13.1. The number of hydrogen-bond donors (Lipinski definition) is 1. The third kappa shape index (κ3) is 3.02. The Morgan fingerprint density at radius 3 is 3.00 bits per heavy atom. The molecule has 1 aliphatic rings. The van der Waals surface area contributed by atoms with Gasteiger partial charge in [0.05, 0.1) is 17.1 Å². The lowest BCUT2D eigenvalue weighted by Crippen LogP contribution is -2.50. The molecule has 98 valence electrons. The number of thioether (sulfide) groups is 1. The fraction of sp³-hybridized carbons (Fsp3) is 0.545. The fourth-order valence-electron chi connectivity index (χ4n) is 1.85. The highest BCUT2D eigenvalue weighted by Crippen LogP contribution is 2.18. The van der Waals surface area contributed by atoms with Crippen LogP contribution in [0.2, 0.25) is 0 Å². The van der Waals surface area contributed by atoms with Gasteiger partial charge in [-0.15, -0.1) is 11.3 Å². The maximum absolute atomic E-state index is 12.1. The molecule has 1 unspecified atom stereocenters. The Morgan fingerprint density at radius 1 is 1.61 bits per heavy atom. The van der Waals surface area contributed by atoms with E-state index in [1.54, 1.807) is 11.8 Å². The predicted octanol–water partition coefficient (Wildman–Crippen LogP) is 1.02. The highest BCUT2D eigenvalue weighted by Gasteiger charge is 2.32. The largest absolute Gasteiger partial charge is 0.480 e. The van der Waals surface area contributed by atoms with Gasteiger partial charge < -0.3 is 10.0 Å². The lowest BCUT2D eigenvalue weighted by molar-refractivity contribution is -0.149. The van der Waals surface area contributed by atoms with Crippen molar-refractivity contribution in [2.24, 2.45) is 0 Å². The van der Waals surface area contributed by atoms with Gasteiger partial charge in [0, 0.05) is 23.4 Å². The molecule has 1 N–H and O–H groups in total. The number of aryl methyl sites for hydroxylation is 1. The van der Waals surface area contributed by atoms with Gasteiger partial charge in [-0.2, -0.15) is 11.8 Å². The molecule has 0 saturated carbocycles. The smallest absolute Gasteiger partial charge is 0.327 e. The number of aliphatic carboxylic acids is 1. The molecule has 0 aliphatic carbocycles. The lowest BCUT2D eigenvalue weighted by atomic mass is 10.2. The van der Waals surface area contributed by atoms with Crippen LogP contribution in [0.3, 0.4) is 0 Å². The lowest BCUT2D eigenvalue weighted by Gasteiger charge is -2.32. The van der Waals surface area contributed by atoms with Crippen molar-refractivity contribution in [1.82, 2.24) is 9.88 Å². The molecule has 5 nitrogen and oxygen atoms in total. The van der Waals surface area contributed by atoms with Crippen LogP contribution in [-0.2, 0) is 16.0 Å². The quantitative estimate of drug-likeness (QED) is 0.898. The van der Waals surface area contributed by atoms with Crippen LogP contribution in [0.5, 0.6) is 0 Å². The summed E-state index contributed by atoms with van der Waals surface area (Å²) in [4.78, 5) is 28.9. The molecule has 18 heavy (non-hydrogen) atoms. The first kappa shape index (κ1) is 13.4. The molecule has 0 radical (unpaired) electrons. The van der Waals surface area contributed by atoms with Crippen LogP contribution in [0.15, 0.2) is 5.38 Å². The number of thiazole rings is 1. The van der Waals surface area contributed by atoms with Crippen molar-refractivity contribution in [3.63, 3.8) is 0 Å². The van der Waals surface area contributed by atoms with Crippen LogP contribution in [0.25, 0.3) is 0 Å². The Hall–Kier alpha value is -1.08. The summed E-state index contributed by atoms with van der Waals surface area (Å²) >= 11 is 3.07. The van der Waals surface area contributed by atoms with Crippen molar-refractivity contribution in [3.05, 3.63) is 16.1 Å². The van der Waals surface area contributed by atoms with E-state index in [0.29, 0.717) is 12.3 Å². The molecule has 7 heteroatoms. The first-order valence-corrected chi connectivity index (χ1v) is 7.62. The van der Waals surface area contributed by atoms with Crippen molar-refractivity contribution >= 4 is 35.0 Å². The highest BCUT2D eigenvalue weighted by molar-refractivity contribution is 7.99. The molecule has 0 spiro atoms. The van der Waals surface area contributed by atoms with Gasteiger partial charge in [0.15, 0.2) is 0 Å². The molecule has 1 saturated heterocycles. The molecule has 1 amide bonds.